The Kier molecular flexibility index (Phi) is 5.92. The summed E-state index contributed by atoms with van der Waals surface area (Å²) < 4.78 is 34.0. The molecule has 1 heterocycles. The van der Waals surface area contributed by atoms with Crippen LogP contribution >= 0.6 is 15.9 Å². The van der Waals surface area contributed by atoms with E-state index in [0.29, 0.717) is 31.1 Å². The molecule has 29 heavy (non-hydrogen) atoms. The lowest BCUT2D eigenvalue weighted by Gasteiger charge is -2.34. The number of methoxy groups -OCH3 is 1. The van der Waals surface area contributed by atoms with Gasteiger partial charge in [-0.2, -0.15) is 4.31 Å². The summed E-state index contributed by atoms with van der Waals surface area (Å²) in [6, 6.07) is 19.2. The van der Waals surface area contributed by atoms with Gasteiger partial charge in [-0.3, -0.25) is 4.90 Å². The number of sulfonamides is 1. The number of benzene rings is 3. The van der Waals surface area contributed by atoms with Crippen LogP contribution in [0.25, 0.3) is 10.8 Å². The van der Waals surface area contributed by atoms with E-state index in [-0.39, 0.29) is 0 Å². The van der Waals surface area contributed by atoms with Crippen LogP contribution in [0.15, 0.2) is 70.0 Å². The first kappa shape index (κ1) is 20.3. The van der Waals surface area contributed by atoms with Crippen LogP contribution in [-0.2, 0) is 16.6 Å². The van der Waals surface area contributed by atoms with Gasteiger partial charge in [-0.25, -0.2) is 8.42 Å². The molecule has 3 aromatic carbocycles. The topological polar surface area (TPSA) is 49.9 Å². The average Bonchev–Trinajstić information content (AvgIpc) is 2.74. The Morgan fingerprint density at radius 1 is 0.931 bits per heavy atom. The summed E-state index contributed by atoms with van der Waals surface area (Å²) in [5.74, 6) is 0.806. The number of rotatable bonds is 5. The van der Waals surface area contributed by atoms with Gasteiger partial charge in [0.1, 0.15) is 5.75 Å². The fourth-order valence-electron chi connectivity index (χ4n) is 3.67. The molecule has 0 bridgehead atoms. The molecule has 0 spiro atoms. The van der Waals surface area contributed by atoms with Crippen molar-refractivity contribution in [2.45, 2.75) is 11.4 Å². The average molecular weight is 475 g/mol. The van der Waals surface area contributed by atoms with Crippen LogP contribution in [0.1, 0.15) is 5.56 Å². The highest BCUT2D eigenvalue weighted by Gasteiger charge is 2.28. The molecule has 5 nitrogen and oxygen atoms in total. The third-order valence-corrected chi connectivity index (χ3v) is 7.83. The Morgan fingerprint density at radius 2 is 1.66 bits per heavy atom. The Hall–Kier alpha value is -1.93. The minimum Gasteiger partial charge on any atom is -0.496 e. The van der Waals surface area contributed by atoms with E-state index in [1.54, 1.807) is 23.5 Å². The van der Waals surface area contributed by atoms with Gasteiger partial charge >= 0.3 is 0 Å². The van der Waals surface area contributed by atoms with Crippen molar-refractivity contribution in [3.63, 3.8) is 0 Å². The Bertz CT molecular complexity index is 1130. The van der Waals surface area contributed by atoms with Gasteiger partial charge in [0.05, 0.1) is 16.5 Å². The highest BCUT2D eigenvalue weighted by molar-refractivity contribution is 9.10. The molecule has 0 radical (unpaired) electrons. The number of hydrogen-bond donors (Lipinski definition) is 0. The van der Waals surface area contributed by atoms with Crippen molar-refractivity contribution in [2.75, 3.05) is 33.3 Å². The van der Waals surface area contributed by atoms with Gasteiger partial charge in [-0.1, -0.05) is 36.4 Å². The number of fused-ring (bicyclic) bond motifs is 1. The standard InChI is InChI=1S/C22H23BrN2O3S/c1-28-22-9-6-17(14-21(22)23)16-24-10-12-25(13-11-24)29(26,27)20-8-7-18-4-2-3-5-19(18)15-20/h2-9,14-15H,10-13,16H2,1H3. The monoisotopic (exact) mass is 474 g/mol. The van der Waals surface area contributed by atoms with E-state index in [1.807, 2.05) is 42.5 Å². The molecular formula is C22H23BrN2O3S. The van der Waals surface area contributed by atoms with Crippen LogP contribution < -0.4 is 4.74 Å². The fraction of sp³-hybridized carbons (Fsp3) is 0.273. The van der Waals surface area contributed by atoms with Crippen molar-refractivity contribution in [2.24, 2.45) is 0 Å². The molecule has 3 aromatic rings. The Labute approximate surface area is 180 Å². The van der Waals surface area contributed by atoms with Gasteiger partial charge < -0.3 is 4.74 Å². The van der Waals surface area contributed by atoms with E-state index >= 15 is 0 Å². The molecule has 7 heteroatoms. The first-order valence-electron chi connectivity index (χ1n) is 9.51. The van der Waals surface area contributed by atoms with Crippen molar-refractivity contribution < 1.29 is 13.2 Å². The minimum absolute atomic E-state index is 0.365. The van der Waals surface area contributed by atoms with Crippen LogP contribution in [-0.4, -0.2) is 50.9 Å². The third-order valence-electron chi connectivity index (χ3n) is 5.31. The number of piperazine rings is 1. The third kappa shape index (κ3) is 4.33. The first-order chi connectivity index (χ1) is 14.0. The molecule has 1 aliphatic rings. The van der Waals surface area contributed by atoms with Crippen molar-refractivity contribution >= 4 is 36.7 Å². The maximum absolute atomic E-state index is 13.1. The van der Waals surface area contributed by atoms with Gasteiger partial charge in [-0.05, 0) is 56.5 Å². The predicted octanol–water partition coefficient (Wildman–Crippen LogP) is 4.12. The maximum Gasteiger partial charge on any atom is 0.243 e. The molecular weight excluding hydrogens is 452 g/mol. The Morgan fingerprint density at radius 3 is 2.34 bits per heavy atom. The first-order valence-corrected chi connectivity index (χ1v) is 11.7. The second-order valence-electron chi connectivity index (χ2n) is 7.16. The lowest BCUT2D eigenvalue weighted by Crippen LogP contribution is -2.48. The van der Waals surface area contributed by atoms with Gasteiger partial charge in [0.2, 0.25) is 10.0 Å². The highest BCUT2D eigenvalue weighted by Crippen LogP contribution is 2.27. The molecule has 1 saturated heterocycles. The zero-order valence-corrected chi connectivity index (χ0v) is 18.6. The number of ether oxygens (including phenoxy) is 1. The molecule has 4 rings (SSSR count). The summed E-state index contributed by atoms with van der Waals surface area (Å²) in [5, 5.41) is 1.99. The van der Waals surface area contributed by atoms with Gasteiger partial charge in [0, 0.05) is 32.7 Å². The van der Waals surface area contributed by atoms with Gasteiger partial charge in [0.25, 0.3) is 0 Å². The molecule has 1 fully saturated rings. The predicted molar refractivity (Wildman–Crippen MR) is 119 cm³/mol. The molecule has 0 amide bonds. The van der Waals surface area contributed by atoms with E-state index in [2.05, 4.69) is 26.9 Å². The summed E-state index contributed by atoms with van der Waals surface area (Å²) in [6.45, 7) is 3.18. The van der Waals surface area contributed by atoms with Crippen LogP contribution in [0.3, 0.4) is 0 Å². The maximum atomic E-state index is 13.1. The fourth-order valence-corrected chi connectivity index (χ4v) is 5.72. The van der Waals surface area contributed by atoms with E-state index in [9.17, 15) is 8.42 Å². The molecule has 0 aromatic heterocycles. The second-order valence-corrected chi connectivity index (χ2v) is 9.95. The summed E-state index contributed by atoms with van der Waals surface area (Å²) in [5.41, 5.74) is 1.17. The van der Waals surface area contributed by atoms with Crippen molar-refractivity contribution in [1.29, 1.82) is 0 Å². The molecule has 0 atom stereocenters. The van der Waals surface area contributed by atoms with Crippen molar-refractivity contribution in [3.8, 4) is 5.75 Å². The van der Waals surface area contributed by atoms with Crippen LogP contribution in [0.2, 0.25) is 0 Å². The molecule has 152 valence electrons. The summed E-state index contributed by atoms with van der Waals surface area (Å²) in [7, 11) is -1.84. The second kappa shape index (κ2) is 8.44. The Balaban J connectivity index is 1.43. The molecule has 0 saturated carbocycles. The number of halogens is 1. The van der Waals surface area contributed by atoms with E-state index in [1.165, 1.54) is 5.56 Å². The molecule has 1 aliphatic heterocycles. The molecule has 0 unspecified atom stereocenters. The quantitative estimate of drug-likeness (QED) is 0.557. The molecule has 0 N–H and O–H groups in total. The van der Waals surface area contributed by atoms with Gasteiger partial charge in [0.15, 0.2) is 0 Å². The number of hydrogen-bond acceptors (Lipinski definition) is 4. The summed E-state index contributed by atoms with van der Waals surface area (Å²) in [6.07, 6.45) is 0. The van der Waals surface area contributed by atoms with Crippen LogP contribution in [0.4, 0.5) is 0 Å². The minimum atomic E-state index is -3.48. The molecule has 0 aliphatic carbocycles. The van der Waals surface area contributed by atoms with Gasteiger partial charge in [-0.15, -0.1) is 0 Å². The van der Waals surface area contributed by atoms with Crippen LogP contribution in [0.5, 0.6) is 5.75 Å². The van der Waals surface area contributed by atoms with E-state index < -0.39 is 10.0 Å². The van der Waals surface area contributed by atoms with Crippen LogP contribution in [0, 0.1) is 0 Å². The van der Waals surface area contributed by atoms with E-state index in [0.717, 1.165) is 27.5 Å². The van der Waals surface area contributed by atoms with Crippen molar-refractivity contribution in [1.82, 2.24) is 9.21 Å². The smallest absolute Gasteiger partial charge is 0.243 e. The normalized spacial score (nSPS) is 16.2. The largest absolute Gasteiger partial charge is 0.496 e. The lowest BCUT2D eigenvalue weighted by atomic mass is 10.1. The lowest BCUT2D eigenvalue weighted by molar-refractivity contribution is 0.181. The SMILES string of the molecule is COc1ccc(CN2CCN(S(=O)(=O)c3ccc4ccccc4c3)CC2)cc1Br. The summed E-state index contributed by atoms with van der Waals surface area (Å²) in [4.78, 5) is 2.64. The summed E-state index contributed by atoms with van der Waals surface area (Å²) >= 11 is 3.52. The number of nitrogens with zero attached hydrogens (tertiary/aromatic N) is 2. The van der Waals surface area contributed by atoms with E-state index in [4.69, 9.17) is 4.74 Å². The zero-order valence-electron chi connectivity index (χ0n) is 16.2. The highest BCUT2D eigenvalue weighted by atomic mass is 79.9. The van der Waals surface area contributed by atoms with Crippen molar-refractivity contribution in [3.05, 3.63) is 70.7 Å². The zero-order chi connectivity index (χ0) is 20.4.